The predicted molar refractivity (Wildman–Crippen MR) is 66.1 cm³/mol. The summed E-state index contributed by atoms with van der Waals surface area (Å²) in [4.78, 5) is 2.00. The summed E-state index contributed by atoms with van der Waals surface area (Å²) < 4.78 is 37.5. The van der Waals surface area contributed by atoms with Crippen molar-refractivity contribution in [3.63, 3.8) is 0 Å². The standard InChI is InChI=1S/C12H14ClF3N2/c1-17-9-4-5-18(7-9)11-3-2-8(6-10(11)13)12(14,15)16/h2-3,6,9,17H,4-5,7H2,1H3. The van der Waals surface area contributed by atoms with Crippen LogP contribution in [0, 0.1) is 0 Å². The molecule has 1 aliphatic heterocycles. The van der Waals surface area contributed by atoms with Crippen molar-refractivity contribution in [2.45, 2.75) is 18.6 Å². The molecular weight excluding hydrogens is 265 g/mol. The number of nitrogens with zero attached hydrogens (tertiary/aromatic N) is 1. The van der Waals surface area contributed by atoms with Gasteiger partial charge in [-0.15, -0.1) is 0 Å². The molecule has 0 saturated carbocycles. The molecule has 0 bridgehead atoms. The summed E-state index contributed by atoms with van der Waals surface area (Å²) in [6, 6.07) is 3.88. The van der Waals surface area contributed by atoms with Crippen LogP contribution < -0.4 is 10.2 Å². The van der Waals surface area contributed by atoms with E-state index in [-0.39, 0.29) is 5.02 Å². The van der Waals surface area contributed by atoms with Crippen LogP contribution >= 0.6 is 11.6 Å². The molecule has 1 atom stereocenters. The maximum absolute atomic E-state index is 12.5. The molecule has 1 aliphatic rings. The van der Waals surface area contributed by atoms with Crippen LogP contribution in [0.4, 0.5) is 18.9 Å². The number of likely N-dealkylation sites (N-methyl/N-ethyl adjacent to an activating group) is 1. The normalized spacial score (nSPS) is 20.5. The molecule has 1 aromatic rings. The zero-order valence-electron chi connectivity index (χ0n) is 9.89. The monoisotopic (exact) mass is 278 g/mol. The van der Waals surface area contributed by atoms with E-state index < -0.39 is 11.7 Å². The first-order valence-corrected chi connectivity index (χ1v) is 6.08. The van der Waals surface area contributed by atoms with Gasteiger partial charge < -0.3 is 10.2 Å². The average molecular weight is 279 g/mol. The maximum atomic E-state index is 12.5. The van der Waals surface area contributed by atoms with Crippen LogP contribution in [-0.4, -0.2) is 26.2 Å². The number of rotatable bonds is 2. The van der Waals surface area contributed by atoms with E-state index in [0.29, 0.717) is 11.7 Å². The van der Waals surface area contributed by atoms with Crippen molar-refractivity contribution in [2.24, 2.45) is 0 Å². The molecule has 1 N–H and O–H groups in total. The van der Waals surface area contributed by atoms with Gasteiger partial charge in [0.25, 0.3) is 0 Å². The topological polar surface area (TPSA) is 15.3 Å². The minimum atomic E-state index is -4.35. The first kappa shape index (κ1) is 13.5. The van der Waals surface area contributed by atoms with E-state index in [2.05, 4.69) is 5.32 Å². The fourth-order valence-corrected chi connectivity index (χ4v) is 2.45. The number of hydrogen-bond donors (Lipinski definition) is 1. The fraction of sp³-hybridized carbons (Fsp3) is 0.500. The van der Waals surface area contributed by atoms with Crippen LogP contribution in [0.3, 0.4) is 0 Å². The van der Waals surface area contributed by atoms with Gasteiger partial charge in [0.2, 0.25) is 0 Å². The molecule has 0 spiro atoms. The van der Waals surface area contributed by atoms with Gasteiger partial charge in [0.1, 0.15) is 0 Å². The Kier molecular flexibility index (Phi) is 3.73. The lowest BCUT2D eigenvalue weighted by Crippen LogP contribution is -2.29. The zero-order valence-corrected chi connectivity index (χ0v) is 10.6. The highest BCUT2D eigenvalue weighted by atomic mass is 35.5. The number of anilines is 1. The van der Waals surface area contributed by atoms with E-state index >= 15 is 0 Å². The van der Waals surface area contributed by atoms with Crippen molar-refractivity contribution in [3.8, 4) is 0 Å². The smallest absolute Gasteiger partial charge is 0.369 e. The molecule has 0 amide bonds. The number of alkyl halides is 3. The third-order valence-corrected chi connectivity index (χ3v) is 3.51. The Morgan fingerprint density at radius 1 is 1.39 bits per heavy atom. The number of benzene rings is 1. The molecular formula is C12H14ClF3N2. The van der Waals surface area contributed by atoms with Crippen molar-refractivity contribution in [3.05, 3.63) is 28.8 Å². The Morgan fingerprint density at radius 2 is 2.11 bits per heavy atom. The summed E-state index contributed by atoms with van der Waals surface area (Å²) in [7, 11) is 1.88. The molecule has 0 aliphatic carbocycles. The molecule has 100 valence electrons. The summed E-state index contributed by atoms with van der Waals surface area (Å²) in [5, 5.41) is 3.31. The van der Waals surface area contributed by atoms with Gasteiger partial charge in [-0.2, -0.15) is 13.2 Å². The van der Waals surface area contributed by atoms with Gasteiger partial charge >= 0.3 is 6.18 Å². The van der Waals surface area contributed by atoms with Crippen molar-refractivity contribution < 1.29 is 13.2 Å². The van der Waals surface area contributed by atoms with Gasteiger partial charge in [0.05, 0.1) is 16.3 Å². The molecule has 1 saturated heterocycles. The van der Waals surface area contributed by atoms with E-state index in [1.165, 1.54) is 6.07 Å². The first-order valence-electron chi connectivity index (χ1n) is 5.71. The van der Waals surface area contributed by atoms with E-state index in [1.807, 2.05) is 11.9 Å². The predicted octanol–water partition coefficient (Wildman–Crippen LogP) is 3.16. The lowest BCUT2D eigenvalue weighted by atomic mass is 10.2. The van der Waals surface area contributed by atoms with Gasteiger partial charge in [0, 0.05) is 19.1 Å². The second-order valence-corrected chi connectivity index (χ2v) is 4.79. The lowest BCUT2D eigenvalue weighted by Gasteiger charge is -2.21. The Morgan fingerprint density at radius 3 is 2.61 bits per heavy atom. The molecule has 2 rings (SSSR count). The van der Waals surface area contributed by atoms with Crippen molar-refractivity contribution in [2.75, 3.05) is 25.0 Å². The second kappa shape index (κ2) is 4.97. The first-order chi connectivity index (χ1) is 8.41. The van der Waals surface area contributed by atoms with E-state index in [0.717, 1.165) is 31.6 Å². The van der Waals surface area contributed by atoms with Crippen LogP contribution in [0.5, 0.6) is 0 Å². The highest BCUT2D eigenvalue weighted by Gasteiger charge is 2.31. The Balaban J connectivity index is 2.21. The van der Waals surface area contributed by atoms with Crippen LogP contribution in [-0.2, 0) is 6.18 Å². The fourth-order valence-electron chi connectivity index (χ4n) is 2.15. The minimum Gasteiger partial charge on any atom is -0.369 e. The molecule has 1 fully saturated rings. The largest absolute Gasteiger partial charge is 0.416 e. The van der Waals surface area contributed by atoms with E-state index in [4.69, 9.17) is 11.6 Å². The van der Waals surface area contributed by atoms with Gasteiger partial charge in [-0.1, -0.05) is 11.6 Å². The molecule has 18 heavy (non-hydrogen) atoms. The van der Waals surface area contributed by atoms with Gasteiger partial charge in [-0.25, -0.2) is 0 Å². The third kappa shape index (κ3) is 2.72. The van der Waals surface area contributed by atoms with Crippen LogP contribution in [0.25, 0.3) is 0 Å². The molecule has 1 heterocycles. The number of nitrogens with one attached hydrogen (secondary N) is 1. The average Bonchev–Trinajstić information content (AvgIpc) is 2.76. The summed E-state index contributed by atoms with van der Waals surface area (Å²) in [5.41, 5.74) is -0.0389. The molecule has 2 nitrogen and oxygen atoms in total. The zero-order chi connectivity index (χ0) is 13.3. The Labute approximate surface area is 109 Å². The molecule has 1 unspecified atom stereocenters. The van der Waals surface area contributed by atoms with Crippen molar-refractivity contribution in [1.29, 1.82) is 0 Å². The molecule has 0 radical (unpaired) electrons. The number of hydrogen-bond acceptors (Lipinski definition) is 2. The molecule has 1 aromatic carbocycles. The summed E-state index contributed by atoms with van der Waals surface area (Å²) in [6.07, 6.45) is -3.38. The third-order valence-electron chi connectivity index (χ3n) is 3.21. The summed E-state index contributed by atoms with van der Waals surface area (Å²) in [6.45, 7) is 1.57. The van der Waals surface area contributed by atoms with Crippen molar-refractivity contribution in [1.82, 2.24) is 5.32 Å². The Bertz CT molecular complexity index is 434. The molecule has 0 aromatic heterocycles. The van der Waals surface area contributed by atoms with Gasteiger partial charge in [-0.3, -0.25) is 0 Å². The SMILES string of the molecule is CNC1CCN(c2ccc(C(F)(F)F)cc2Cl)C1. The lowest BCUT2D eigenvalue weighted by molar-refractivity contribution is -0.137. The quantitative estimate of drug-likeness (QED) is 0.894. The highest BCUT2D eigenvalue weighted by molar-refractivity contribution is 6.33. The van der Waals surface area contributed by atoms with Crippen molar-refractivity contribution >= 4 is 17.3 Å². The highest BCUT2D eigenvalue weighted by Crippen LogP contribution is 2.35. The summed E-state index contributed by atoms with van der Waals surface area (Å²) >= 11 is 5.94. The van der Waals surface area contributed by atoms with Crippen LogP contribution in [0.15, 0.2) is 18.2 Å². The molecule has 6 heteroatoms. The second-order valence-electron chi connectivity index (χ2n) is 4.38. The van der Waals surface area contributed by atoms with Gasteiger partial charge in [-0.05, 0) is 31.7 Å². The van der Waals surface area contributed by atoms with E-state index in [9.17, 15) is 13.2 Å². The Hall–Kier alpha value is -0.940. The minimum absolute atomic E-state index is 0.154. The van der Waals surface area contributed by atoms with Gasteiger partial charge in [0.15, 0.2) is 0 Å². The van der Waals surface area contributed by atoms with Crippen LogP contribution in [0.1, 0.15) is 12.0 Å². The maximum Gasteiger partial charge on any atom is 0.416 e. The number of halogens is 4. The van der Waals surface area contributed by atoms with Crippen LogP contribution in [0.2, 0.25) is 5.02 Å². The van der Waals surface area contributed by atoms with E-state index in [1.54, 1.807) is 0 Å². The summed E-state index contributed by atoms with van der Waals surface area (Å²) in [5.74, 6) is 0.